The molecule has 0 aliphatic carbocycles. The minimum atomic E-state index is -0.145. The molecule has 0 aromatic heterocycles. The molecule has 0 bridgehead atoms. The molecule has 41 heavy (non-hydrogen) atoms. The second-order valence-electron chi connectivity index (χ2n) is 10.9. The average Bonchev–Trinajstić information content (AvgIpc) is 3.51. The maximum atomic E-state index is 12.9. The highest BCUT2D eigenvalue weighted by molar-refractivity contribution is 8.02. The number of benzene rings is 2. The molecule has 3 rings (SSSR count). The van der Waals surface area contributed by atoms with Crippen molar-refractivity contribution in [2.75, 3.05) is 31.5 Å². The summed E-state index contributed by atoms with van der Waals surface area (Å²) in [5.41, 5.74) is 3.03. The number of rotatable bonds is 20. The van der Waals surface area contributed by atoms with Gasteiger partial charge in [0.15, 0.2) is 11.5 Å². The van der Waals surface area contributed by atoms with Crippen LogP contribution >= 0.6 is 11.8 Å². The molecule has 0 saturated heterocycles. The molecule has 2 amide bonds. The van der Waals surface area contributed by atoms with E-state index in [9.17, 15) is 4.79 Å². The number of thioether (sulfide) groups is 1. The Bertz CT molecular complexity index is 1060. The van der Waals surface area contributed by atoms with E-state index in [-0.39, 0.29) is 6.03 Å². The van der Waals surface area contributed by atoms with E-state index >= 15 is 0 Å². The van der Waals surface area contributed by atoms with Crippen molar-refractivity contribution in [1.29, 1.82) is 0 Å². The summed E-state index contributed by atoms with van der Waals surface area (Å²) in [6.07, 6.45) is 18.0. The van der Waals surface area contributed by atoms with Gasteiger partial charge in [0.25, 0.3) is 0 Å². The second-order valence-corrected chi connectivity index (χ2v) is 11.7. The number of carbonyl (C=O) groups excluding carboxylic acids is 1. The normalized spacial score (nSPS) is 12.5. The number of unbranched alkanes of at least 4 members (excludes halogenated alkanes) is 11. The first-order valence-corrected chi connectivity index (χ1v) is 16.6. The van der Waals surface area contributed by atoms with Crippen molar-refractivity contribution in [2.24, 2.45) is 0 Å². The van der Waals surface area contributed by atoms with Crippen LogP contribution in [0.3, 0.4) is 0 Å². The Balaban J connectivity index is 1.48. The lowest BCUT2D eigenvalue weighted by molar-refractivity contribution is 0.248. The van der Waals surface area contributed by atoms with Crippen molar-refractivity contribution >= 4 is 23.5 Å². The molecule has 2 aromatic carbocycles. The Morgan fingerprint density at radius 1 is 0.902 bits per heavy atom. The van der Waals surface area contributed by atoms with E-state index in [0.29, 0.717) is 13.2 Å². The zero-order chi connectivity index (χ0) is 29.1. The third kappa shape index (κ3) is 11.9. The van der Waals surface area contributed by atoms with E-state index in [1.807, 2.05) is 30.3 Å². The van der Waals surface area contributed by atoms with E-state index < -0.39 is 0 Å². The van der Waals surface area contributed by atoms with Crippen LogP contribution in [0.4, 0.5) is 10.5 Å². The van der Waals surface area contributed by atoms with E-state index in [1.165, 1.54) is 76.2 Å². The zero-order valence-corrected chi connectivity index (χ0v) is 26.4. The minimum Gasteiger partial charge on any atom is -0.493 e. The van der Waals surface area contributed by atoms with Crippen molar-refractivity contribution in [1.82, 2.24) is 10.2 Å². The van der Waals surface area contributed by atoms with Crippen molar-refractivity contribution in [2.45, 2.75) is 97.1 Å². The molecule has 7 heteroatoms. The van der Waals surface area contributed by atoms with Crippen LogP contribution in [-0.2, 0) is 13.1 Å². The van der Waals surface area contributed by atoms with Crippen molar-refractivity contribution in [3.05, 3.63) is 65.2 Å². The van der Waals surface area contributed by atoms with Gasteiger partial charge in [0.05, 0.1) is 26.1 Å². The van der Waals surface area contributed by atoms with Crippen LogP contribution in [0, 0.1) is 0 Å². The molecule has 0 spiro atoms. The predicted molar refractivity (Wildman–Crippen MR) is 174 cm³/mol. The van der Waals surface area contributed by atoms with Gasteiger partial charge in [0.1, 0.15) is 0 Å². The third-order valence-electron chi connectivity index (χ3n) is 7.50. The molecule has 0 unspecified atom stereocenters. The highest BCUT2D eigenvalue weighted by Gasteiger charge is 2.17. The quantitative estimate of drug-likeness (QED) is 0.158. The average molecular weight is 582 g/mol. The van der Waals surface area contributed by atoms with Gasteiger partial charge >= 0.3 is 6.03 Å². The summed E-state index contributed by atoms with van der Waals surface area (Å²) in [6.45, 7) is 4.19. The number of ether oxygens (including phenoxy) is 2. The number of nitrogens with one attached hydrogen (secondary N) is 1. The zero-order valence-electron chi connectivity index (χ0n) is 25.5. The fourth-order valence-corrected chi connectivity index (χ4v) is 5.83. The van der Waals surface area contributed by atoms with Crippen LogP contribution in [0.25, 0.3) is 0 Å². The lowest BCUT2D eigenvalue weighted by Gasteiger charge is -2.24. The monoisotopic (exact) mass is 581 g/mol. The Kier molecular flexibility index (Phi) is 15.4. The molecule has 0 fully saturated rings. The minimum absolute atomic E-state index is 0.145. The number of carbonyl (C=O) groups is 1. The van der Waals surface area contributed by atoms with E-state index in [4.69, 9.17) is 9.47 Å². The smallest absolute Gasteiger partial charge is 0.321 e. The van der Waals surface area contributed by atoms with Crippen molar-refractivity contribution in [3.63, 3.8) is 0 Å². The molecule has 6 nitrogen and oxygen atoms in total. The van der Waals surface area contributed by atoms with Gasteiger partial charge in [-0.15, -0.1) is 11.8 Å². The molecule has 0 radical (unpaired) electrons. The molecule has 1 aliphatic rings. The number of urea groups is 1. The Labute approximate surface area is 252 Å². The van der Waals surface area contributed by atoms with Gasteiger partial charge in [-0.2, -0.15) is 0 Å². The summed E-state index contributed by atoms with van der Waals surface area (Å²) < 4.78 is 11.7. The Morgan fingerprint density at radius 2 is 1.61 bits per heavy atom. The van der Waals surface area contributed by atoms with Crippen LogP contribution in [-0.4, -0.2) is 37.6 Å². The van der Waals surface area contributed by atoms with Gasteiger partial charge in [0.2, 0.25) is 0 Å². The summed E-state index contributed by atoms with van der Waals surface area (Å²) in [6, 6.07) is 14.0. The van der Waals surface area contributed by atoms with Gasteiger partial charge in [0, 0.05) is 25.5 Å². The molecular formula is C34H51N3O3S. The van der Waals surface area contributed by atoms with Crippen LogP contribution in [0.5, 0.6) is 11.5 Å². The molecule has 0 atom stereocenters. The van der Waals surface area contributed by atoms with Gasteiger partial charge in [-0.1, -0.05) is 95.8 Å². The van der Waals surface area contributed by atoms with Crippen LogP contribution in [0.2, 0.25) is 0 Å². The SMILES string of the molecule is CCCCCCCCCCCCCCOc1cc(CN(C(=O)NC)c2cccc(CN3C=CSC3)c2)ccc1OC. The second kappa shape index (κ2) is 19.3. The third-order valence-corrected chi connectivity index (χ3v) is 8.29. The van der Waals surface area contributed by atoms with E-state index in [2.05, 4.69) is 40.9 Å². The highest BCUT2D eigenvalue weighted by Crippen LogP contribution is 2.30. The fourth-order valence-electron chi connectivity index (χ4n) is 5.12. The number of hydrogen-bond acceptors (Lipinski definition) is 5. The number of anilines is 1. The first kappa shape index (κ1) is 32.7. The van der Waals surface area contributed by atoms with E-state index in [1.54, 1.807) is 30.8 Å². The number of methoxy groups -OCH3 is 1. The molecule has 1 heterocycles. The highest BCUT2D eigenvalue weighted by atomic mass is 32.2. The topological polar surface area (TPSA) is 54.0 Å². The maximum absolute atomic E-state index is 12.9. The molecular weight excluding hydrogens is 530 g/mol. The van der Waals surface area contributed by atoms with Gasteiger partial charge in [-0.3, -0.25) is 4.90 Å². The lowest BCUT2D eigenvalue weighted by atomic mass is 10.1. The fraction of sp³-hybridized carbons (Fsp3) is 0.559. The maximum Gasteiger partial charge on any atom is 0.321 e. The van der Waals surface area contributed by atoms with Gasteiger partial charge in [-0.25, -0.2) is 4.79 Å². The molecule has 1 aliphatic heterocycles. The standard InChI is InChI=1S/C34H51N3O3S/c1-4-5-6-7-8-9-10-11-12-13-14-15-22-40-33-25-30(19-20-32(33)39-3)27-37(34(38)35-2)31-18-16-17-29(24-31)26-36-21-23-41-28-36/h16-21,23-25H,4-15,22,26-28H2,1-3H3,(H,35,38). The Morgan fingerprint density at radius 3 is 2.24 bits per heavy atom. The molecule has 2 aromatic rings. The molecule has 226 valence electrons. The summed E-state index contributed by atoms with van der Waals surface area (Å²) in [5, 5.41) is 4.91. The summed E-state index contributed by atoms with van der Waals surface area (Å²) in [7, 11) is 3.34. The van der Waals surface area contributed by atoms with Crippen LogP contribution in [0.1, 0.15) is 95.1 Å². The first-order chi connectivity index (χ1) is 20.1. The largest absolute Gasteiger partial charge is 0.493 e. The summed E-state index contributed by atoms with van der Waals surface area (Å²) >= 11 is 1.79. The van der Waals surface area contributed by atoms with E-state index in [0.717, 1.165) is 41.6 Å². The molecule has 0 saturated carbocycles. The number of nitrogens with zero attached hydrogens (tertiary/aromatic N) is 2. The van der Waals surface area contributed by atoms with Gasteiger partial charge in [-0.05, 0) is 47.2 Å². The summed E-state index contributed by atoms with van der Waals surface area (Å²) in [4.78, 5) is 17.0. The van der Waals surface area contributed by atoms with Crippen LogP contribution in [0.15, 0.2) is 54.1 Å². The van der Waals surface area contributed by atoms with Crippen molar-refractivity contribution in [3.8, 4) is 11.5 Å². The van der Waals surface area contributed by atoms with Crippen LogP contribution < -0.4 is 19.7 Å². The number of hydrogen-bond donors (Lipinski definition) is 1. The first-order valence-electron chi connectivity index (χ1n) is 15.5. The van der Waals surface area contributed by atoms with Crippen molar-refractivity contribution < 1.29 is 14.3 Å². The predicted octanol–water partition coefficient (Wildman–Crippen LogP) is 9.10. The van der Waals surface area contributed by atoms with Gasteiger partial charge < -0.3 is 19.7 Å². The Hall–Kier alpha value is -2.80. The molecule has 1 N–H and O–H groups in total. The number of amides is 2. The summed E-state index contributed by atoms with van der Waals surface area (Å²) in [5.74, 6) is 2.41. The lowest BCUT2D eigenvalue weighted by Crippen LogP contribution is -2.37.